The summed E-state index contributed by atoms with van der Waals surface area (Å²) in [7, 11) is 0. The lowest BCUT2D eigenvalue weighted by atomic mass is 10.2. The van der Waals surface area contributed by atoms with Crippen molar-refractivity contribution in [3.63, 3.8) is 0 Å². The van der Waals surface area contributed by atoms with Gasteiger partial charge in [-0.15, -0.1) is 5.10 Å². The van der Waals surface area contributed by atoms with E-state index in [9.17, 15) is 4.79 Å². The van der Waals surface area contributed by atoms with Crippen LogP contribution < -0.4 is 14.8 Å². The second kappa shape index (κ2) is 8.12. The SMILES string of the molecule is O=C(CSc1nn(-c2ccccc2)c(=S)s1)Nc1ccc2c(c1)OCCO2. The molecule has 2 heterocycles. The van der Waals surface area contributed by atoms with Gasteiger partial charge in [0.2, 0.25) is 5.91 Å². The fraction of sp³-hybridized carbons (Fsp3) is 0.167. The number of carbonyl (C=O) groups excluding carboxylic acids is 1. The first-order valence-electron chi connectivity index (χ1n) is 8.17. The van der Waals surface area contributed by atoms with E-state index in [1.807, 2.05) is 30.3 Å². The van der Waals surface area contributed by atoms with Crippen LogP contribution in [0.25, 0.3) is 5.69 Å². The van der Waals surface area contributed by atoms with E-state index in [1.54, 1.807) is 22.9 Å². The third-order valence-corrected chi connectivity index (χ3v) is 6.05. The highest BCUT2D eigenvalue weighted by atomic mass is 32.2. The summed E-state index contributed by atoms with van der Waals surface area (Å²) in [5, 5.41) is 7.36. The lowest BCUT2D eigenvalue weighted by Gasteiger charge is -2.18. The Balaban J connectivity index is 1.38. The van der Waals surface area contributed by atoms with Gasteiger partial charge in [-0.1, -0.05) is 41.3 Å². The monoisotopic (exact) mass is 417 g/mol. The Kier molecular flexibility index (Phi) is 5.42. The molecule has 0 saturated heterocycles. The molecule has 1 N–H and O–H groups in total. The minimum atomic E-state index is -0.121. The van der Waals surface area contributed by atoms with E-state index in [2.05, 4.69) is 10.4 Å². The maximum absolute atomic E-state index is 12.3. The molecular formula is C18H15N3O3S3. The fourth-order valence-corrected chi connectivity index (χ4v) is 4.66. The standard InChI is InChI=1S/C18H15N3O3S3/c22-16(19-12-6-7-14-15(10-12)24-9-8-23-14)11-26-17-20-21(18(25)27-17)13-4-2-1-3-5-13/h1-7,10H,8-9,11H2,(H,19,22). The number of nitrogens with zero attached hydrogens (tertiary/aromatic N) is 2. The highest BCUT2D eigenvalue weighted by Gasteiger charge is 2.14. The van der Waals surface area contributed by atoms with Crippen LogP contribution in [-0.4, -0.2) is 34.7 Å². The van der Waals surface area contributed by atoms with Gasteiger partial charge in [0.25, 0.3) is 0 Å². The number of aromatic nitrogens is 2. The van der Waals surface area contributed by atoms with E-state index in [1.165, 1.54) is 23.1 Å². The number of hydrogen-bond acceptors (Lipinski definition) is 7. The van der Waals surface area contributed by atoms with Gasteiger partial charge in [-0.25, -0.2) is 4.68 Å². The van der Waals surface area contributed by atoms with Gasteiger partial charge >= 0.3 is 0 Å². The number of anilines is 1. The minimum absolute atomic E-state index is 0.121. The second-order valence-electron chi connectivity index (χ2n) is 5.58. The Labute approximate surface area is 169 Å². The van der Waals surface area contributed by atoms with E-state index in [0.29, 0.717) is 34.4 Å². The Hall–Kier alpha value is -2.36. The van der Waals surface area contributed by atoms with Crippen molar-refractivity contribution in [2.75, 3.05) is 24.3 Å². The predicted octanol–water partition coefficient (Wildman–Crippen LogP) is 4.17. The normalized spacial score (nSPS) is 12.6. The number of ether oxygens (including phenoxy) is 2. The molecule has 0 fully saturated rings. The number of hydrogen-bond donors (Lipinski definition) is 1. The predicted molar refractivity (Wildman–Crippen MR) is 109 cm³/mol. The van der Waals surface area contributed by atoms with Gasteiger partial charge in [0.1, 0.15) is 13.2 Å². The summed E-state index contributed by atoms with van der Waals surface area (Å²) < 4.78 is 14.1. The topological polar surface area (TPSA) is 65.4 Å². The third-order valence-electron chi connectivity index (χ3n) is 3.68. The molecule has 138 valence electrons. The number of para-hydroxylation sites is 1. The molecule has 1 aliphatic heterocycles. The van der Waals surface area contributed by atoms with Crippen molar-refractivity contribution in [3.05, 3.63) is 52.5 Å². The van der Waals surface area contributed by atoms with Crippen molar-refractivity contribution in [1.82, 2.24) is 9.78 Å². The highest BCUT2D eigenvalue weighted by Crippen LogP contribution is 2.32. The van der Waals surface area contributed by atoms with Gasteiger partial charge in [-0.3, -0.25) is 4.79 Å². The zero-order valence-electron chi connectivity index (χ0n) is 14.1. The highest BCUT2D eigenvalue weighted by molar-refractivity contribution is 8.01. The van der Waals surface area contributed by atoms with Crippen molar-refractivity contribution in [2.45, 2.75) is 4.34 Å². The molecule has 27 heavy (non-hydrogen) atoms. The van der Waals surface area contributed by atoms with E-state index in [0.717, 1.165) is 10.0 Å². The van der Waals surface area contributed by atoms with Crippen LogP contribution in [0.2, 0.25) is 0 Å². The number of nitrogens with one attached hydrogen (secondary N) is 1. The summed E-state index contributed by atoms with van der Waals surface area (Å²) in [6, 6.07) is 15.1. The van der Waals surface area contributed by atoms with E-state index in [-0.39, 0.29) is 11.7 Å². The molecule has 0 unspecified atom stereocenters. The van der Waals surface area contributed by atoms with Crippen LogP contribution in [0.5, 0.6) is 11.5 Å². The number of amides is 1. The molecule has 1 aliphatic rings. The lowest BCUT2D eigenvalue weighted by Crippen LogP contribution is -2.17. The minimum Gasteiger partial charge on any atom is -0.486 e. The third kappa shape index (κ3) is 4.32. The molecule has 3 aromatic rings. The van der Waals surface area contributed by atoms with Crippen LogP contribution >= 0.6 is 35.3 Å². The molecule has 0 saturated carbocycles. The Morgan fingerprint density at radius 2 is 1.96 bits per heavy atom. The smallest absolute Gasteiger partial charge is 0.234 e. The second-order valence-corrected chi connectivity index (χ2v) is 8.42. The molecule has 1 aromatic heterocycles. The Morgan fingerprint density at radius 1 is 1.19 bits per heavy atom. The number of carbonyl (C=O) groups is 1. The van der Waals surface area contributed by atoms with Crippen molar-refractivity contribution >= 4 is 46.9 Å². The van der Waals surface area contributed by atoms with Crippen molar-refractivity contribution in [2.24, 2.45) is 0 Å². The van der Waals surface area contributed by atoms with Crippen LogP contribution in [-0.2, 0) is 4.79 Å². The van der Waals surface area contributed by atoms with Crippen LogP contribution in [0.3, 0.4) is 0 Å². The first kappa shape index (κ1) is 18.0. The maximum atomic E-state index is 12.3. The number of fused-ring (bicyclic) bond motifs is 1. The Morgan fingerprint density at radius 3 is 2.78 bits per heavy atom. The average Bonchev–Trinajstić information content (AvgIpc) is 3.08. The van der Waals surface area contributed by atoms with Crippen molar-refractivity contribution < 1.29 is 14.3 Å². The van der Waals surface area contributed by atoms with Crippen molar-refractivity contribution in [3.8, 4) is 17.2 Å². The molecule has 0 aliphatic carbocycles. The number of benzene rings is 2. The van der Waals surface area contributed by atoms with Gasteiger partial charge in [0, 0.05) is 11.8 Å². The quantitative estimate of drug-likeness (QED) is 0.497. The van der Waals surface area contributed by atoms with E-state index < -0.39 is 0 Å². The van der Waals surface area contributed by atoms with Gasteiger partial charge < -0.3 is 14.8 Å². The summed E-state index contributed by atoms with van der Waals surface area (Å²) in [4.78, 5) is 12.3. The van der Waals surface area contributed by atoms with Gasteiger partial charge in [-0.2, -0.15) is 0 Å². The molecule has 0 bridgehead atoms. The largest absolute Gasteiger partial charge is 0.486 e. The summed E-state index contributed by atoms with van der Waals surface area (Å²) >= 11 is 8.12. The molecule has 0 spiro atoms. The summed E-state index contributed by atoms with van der Waals surface area (Å²) in [5.41, 5.74) is 1.58. The van der Waals surface area contributed by atoms with Gasteiger partial charge in [0.15, 0.2) is 19.8 Å². The molecular weight excluding hydrogens is 402 g/mol. The maximum Gasteiger partial charge on any atom is 0.234 e. The average molecular weight is 418 g/mol. The van der Waals surface area contributed by atoms with Crippen LogP contribution in [0, 0.1) is 3.95 Å². The van der Waals surface area contributed by atoms with Crippen LogP contribution in [0.4, 0.5) is 5.69 Å². The van der Waals surface area contributed by atoms with Gasteiger partial charge in [-0.05, 0) is 36.5 Å². The van der Waals surface area contributed by atoms with Crippen molar-refractivity contribution in [1.29, 1.82) is 0 Å². The molecule has 4 rings (SSSR count). The summed E-state index contributed by atoms with van der Waals surface area (Å²) in [5.74, 6) is 1.46. The molecule has 0 radical (unpaired) electrons. The summed E-state index contributed by atoms with van der Waals surface area (Å²) in [6.07, 6.45) is 0. The Bertz CT molecular complexity index is 1020. The van der Waals surface area contributed by atoms with Crippen LogP contribution in [0.1, 0.15) is 0 Å². The summed E-state index contributed by atoms with van der Waals surface area (Å²) in [6.45, 7) is 1.05. The molecule has 2 aromatic carbocycles. The van der Waals surface area contributed by atoms with Crippen LogP contribution in [0.15, 0.2) is 52.9 Å². The van der Waals surface area contributed by atoms with Gasteiger partial charge in [0.05, 0.1) is 11.4 Å². The number of thioether (sulfide) groups is 1. The molecule has 6 nitrogen and oxygen atoms in total. The lowest BCUT2D eigenvalue weighted by molar-refractivity contribution is -0.113. The zero-order valence-corrected chi connectivity index (χ0v) is 16.5. The molecule has 0 atom stereocenters. The fourth-order valence-electron chi connectivity index (χ4n) is 2.50. The first-order valence-corrected chi connectivity index (χ1v) is 10.4. The van der Waals surface area contributed by atoms with E-state index in [4.69, 9.17) is 21.7 Å². The van der Waals surface area contributed by atoms with E-state index >= 15 is 0 Å². The first-order chi connectivity index (χ1) is 13.2. The molecule has 1 amide bonds. The zero-order chi connectivity index (χ0) is 18.6. The molecule has 9 heteroatoms. The number of rotatable bonds is 5.